The van der Waals surface area contributed by atoms with Gasteiger partial charge in [0.25, 0.3) is 0 Å². The fourth-order valence-corrected chi connectivity index (χ4v) is 3.43. The van der Waals surface area contributed by atoms with Crippen molar-refractivity contribution >= 4 is 6.03 Å². The molecule has 0 atom stereocenters. The van der Waals surface area contributed by atoms with Gasteiger partial charge < -0.3 is 15.0 Å². The molecule has 3 aromatic rings. The third-order valence-electron chi connectivity index (χ3n) is 5.11. The van der Waals surface area contributed by atoms with Crippen molar-refractivity contribution in [2.45, 2.75) is 13.1 Å². The maximum Gasteiger partial charge on any atom is 0.317 e. The number of ether oxygens (including phenoxy) is 1. The van der Waals surface area contributed by atoms with Gasteiger partial charge >= 0.3 is 6.03 Å². The smallest absolute Gasteiger partial charge is 0.317 e. The van der Waals surface area contributed by atoms with E-state index in [0.717, 1.165) is 25.2 Å². The topological polar surface area (TPSA) is 70.6 Å². The molecule has 0 spiro atoms. The van der Waals surface area contributed by atoms with E-state index in [1.165, 1.54) is 17.7 Å². The fourth-order valence-electron chi connectivity index (χ4n) is 3.43. The van der Waals surface area contributed by atoms with E-state index in [4.69, 9.17) is 4.74 Å². The maximum atomic E-state index is 13.4. The number of rotatable bonds is 6. The van der Waals surface area contributed by atoms with Crippen LogP contribution in [0.25, 0.3) is 0 Å². The molecule has 1 N–H and O–H groups in total. The quantitative estimate of drug-likeness (QED) is 0.660. The molecule has 3 heterocycles. The van der Waals surface area contributed by atoms with Gasteiger partial charge in [0.05, 0.1) is 0 Å². The van der Waals surface area contributed by atoms with Gasteiger partial charge in [-0.1, -0.05) is 12.1 Å². The van der Waals surface area contributed by atoms with E-state index < -0.39 is 0 Å². The minimum absolute atomic E-state index is 0.121. The van der Waals surface area contributed by atoms with Crippen LogP contribution in [0.2, 0.25) is 0 Å². The summed E-state index contributed by atoms with van der Waals surface area (Å²) in [6.07, 6.45) is 5.19. The van der Waals surface area contributed by atoms with Crippen LogP contribution in [-0.2, 0) is 13.1 Å². The second-order valence-electron chi connectivity index (χ2n) is 7.30. The second-order valence-corrected chi connectivity index (χ2v) is 7.30. The van der Waals surface area contributed by atoms with E-state index in [-0.39, 0.29) is 18.4 Å². The molecule has 160 valence electrons. The highest BCUT2D eigenvalue weighted by Gasteiger charge is 2.21. The van der Waals surface area contributed by atoms with Gasteiger partial charge in [-0.25, -0.2) is 14.2 Å². The molecule has 0 unspecified atom stereocenters. The summed E-state index contributed by atoms with van der Waals surface area (Å²) < 4.78 is 19.1. The van der Waals surface area contributed by atoms with Crippen LogP contribution in [-0.4, -0.2) is 52.0 Å². The number of hydrogen-bond acceptors (Lipinski definition) is 5. The molecule has 31 heavy (non-hydrogen) atoms. The standard InChI is InChI=1S/C23H24FN5O2/c24-20-4-1-5-21(15-20)31-22-19(3-2-8-26-22)16-27-23(30)29-13-11-28(12-14-29)17-18-6-9-25-10-7-18/h1-10,15H,11-14,16-17H2,(H,27,30). The zero-order chi connectivity index (χ0) is 21.5. The number of benzene rings is 1. The summed E-state index contributed by atoms with van der Waals surface area (Å²) in [5.74, 6) is 0.318. The summed E-state index contributed by atoms with van der Waals surface area (Å²) in [6.45, 7) is 4.09. The van der Waals surface area contributed by atoms with Crippen LogP contribution in [0.15, 0.2) is 67.1 Å². The Kier molecular flexibility index (Phi) is 6.68. The zero-order valence-electron chi connectivity index (χ0n) is 17.1. The summed E-state index contributed by atoms with van der Waals surface area (Å²) in [7, 11) is 0. The molecule has 0 aliphatic carbocycles. The zero-order valence-corrected chi connectivity index (χ0v) is 17.1. The van der Waals surface area contributed by atoms with E-state index in [9.17, 15) is 9.18 Å². The number of carbonyl (C=O) groups is 1. The first-order valence-corrected chi connectivity index (χ1v) is 10.2. The number of aromatic nitrogens is 2. The van der Waals surface area contributed by atoms with Crippen molar-refractivity contribution < 1.29 is 13.9 Å². The Labute approximate surface area is 180 Å². The lowest BCUT2D eigenvalue weighted by atomic mass is 10.2. The van der Waals surface area contributed by atoms with E-state index in [2.05, 4.69) is 20.2 Å². The Bertz CT molecular complexity index is 1010. The van der Waals surface area contributed by atoms with Crippen LogP contribution in [0, 0.1) is 5.82 Å². The van der Waals surface area contributed by atoms with Crippen molar-refractivity contribution in [3.8, 4) is 11.6 Å². The Morgan fingerprint density at radius 3 is 2.61 bits per heavy atom. The molecule has 0 saturated carbocycles. The number of nitrogens with zero attached hydrogens (tertiary/aromatic N) is 4. The molecule has 8 heteroatoms. The van der Waals surface area contributed by atoms with Crippen LogP contribution in [0.3, 0.4) is 0 Å². The van der Waals surface area contributed by atoms with Crippen molar-refractivity contribution in [1.29, 1.82) is 0 Å². The molecule has 1 aromatic carbocycles. The minimum atomic E-state index is -0.383. The lowest BCUT2D eigenvalue weighted by Crippen LogP contribution is -2.51. The highest BCUT2D eigenvalue weighted by molar-refractivity contribution is 5.74. The van der Waals surface area contributed by atoms with Gasteiger partial charge in [-0.2, -0.15) is 0 Å². The van der Waals surface area contributed by atoms with E-state index in [0.29, 0.717) is 24.7 Å². The first-order chi connectivity index (χ1) is 15.2. The van der Waals surface area contributed by atoms with Gasteiger partial charge in [-0.15, -0.1) is 0 Å². The van der Waals surface area contributed by atoms with Gasteiger partial charge in [0.1, 0.15) is 11.6 Å². The monoisotopic (exact) mass is 421 g/mol. The van der Waals surface area contributed by atoms with Crippen molar-refractivity contribution in [3.05, 3.63) is 84.1 Å². The maximum absolute atomic E-state index is 13.4. The molecule has 1 saturated heterocycles. The number of halogens is 1. The van der Waals surface area contributed by atoms with Crippen LogP contribution >= 0.6 is 0 Å². The average molecular weight is 421 g/mol. The first-order valence-electron chi connectivity index (χ1n) is 10.2. The highest BCUT2D eigenvalue weighted by Crippen LogP contribution is 2.23. The molecule has 7 nitrogen and oxygen atoms in total. The average Bonchev–Trinajstić information content (AvgIpc) is 2.79. The molecule has 0 bridgehead atoms. The molecular weight excluding hydrogens is 397 g/mol. The molecule has 1 aliphatic rings. The predicted octanol–water partition coefficient (Wildman–Crippen LogP) is 3.44. The van der Waals surface area contributed by atoms with E-state index in [1.807, 2.05) is 23.1 Å². The Morgan fingerprint density at radius 2 is 1.84 bits per heavy atom. The Morgan fingerprint density at radius 1 is 1.03 bits per heavy atom. The number of amides is 2. The Balaban J connectivity index is 1.28. The molecule has 0 radical (unpaired) electrons. The van der Waals surface area contributed by atoms with Crippen molar-refractivity contribution in [1.82, 2.24) is 25.1 Å². The van der Waals surface area contributed by atoms with Crippen molar-refractivity contribution in [3.63, 3.8) is 0 Å². The van der Waals surface area contributed by atoms with Gasteiger partial charge in [-0.3, -0.25) is 9.88 Å². The molecule has 4 rings (SSSR count). The summed E-state index contributed by atoms with van der Waals surface area (Å²) >= 11 is 0. The largest absolute Gasteiger partial charge is 0.439 e. The van der Waals surface area contributed by atoms with Crippen LogP contribution in [0.1, 0.15) is 11.1 Å². The minimum Gasteiger partial charge on any atom is -0.439 e. The third-order valence-corrected chi connectivity index (χ3v) is 5.11. The molecular formula is C23H24FN5O2. The SMILES string of the molecule is O=C(NCc1cccnc1Oc1cccc(F)c1)N1CCN(Cc2ccncc2)CC1. The second kappa shape index (κ2) is 9.99. The molecule has 1 fully saturated rings. The normalized spacial score (nSPS) is 14.3. The summed E-state index contributed by atoms with van der Waals surface area (Å²) in [6, 6.07) is 13.4. The molecule has 1 aliphatic heterocycles. The summed E-state index contributed by atoms with van der Waals surface area (Å²) in [5.41, 5.74) is 1.94. The van der Waals surface area contributed by atoms with Gasteiger partial charge in [0.15, 0.2) is 0 Å². The number of carbonyl (C=O) groups excluding carboxylic acids is 1. The van der Waals surface area contributed by atoms with Gasteiger partial charge in [0, 0.05) is 69.5 Å². The number of urea groups is 1. The highest BCUT2D eigenvalue weighted by atomic mass is 19.1. The number of nitrogens with one attached hydrogen (secondary N) is 1. The number of hydrogen-bond donors (Lipinski definition) is 1. The molecule has 2 amide bonds. The van der Waals surface area contributed by atoms with Crippen molar-refractivity contribution in [2.75, 3.05) is 26.2 Å². The van der Waals surface area contributed by atoms with E-state index >= 15 is 0 Å². The van der Waals surface area contributed by atoms with Gasteiger partial charge in [0.2, 0.25) is 5.88 Å². The van der Waals surface area contributed by atoms with Crippen LogP contribution in [0.5, 0.6) is 11.6 Å². The van der Waals surface area contributed by atoms with Crippen LogP contribution in [0.4, 0.5) is 9.18 Å². The number of pyridine rings is 2. The summed E-state index contributed by atoms with van der Waals surface area (Å²) in [4.78, 5) is 25.0. The lowest BCUT2D eigenvalue weighted by molar-refractivity contribution is 0.135. The fraction of sp³-hybridized carbons (Fsp3) is 0.261. The number of piperazine rings is 1. The third kappa shape index (κ3) is 5.76. The van der Waals surface area contributed by atoms with Gasteiger partial charge in [-0.05, 0) is 35.9 Å². The first kappa shape index (κ1) is 20.7. The van der Waals surface area contributed by atoms with Crippen molar-refractivity contribution in [2.24, 2.45) is 0 Å². The predicted molar refractivity (Wildman–Crippen MR) is 114 cm³/mol. The van der Waals surface area contributed by atoms with Crippen LogP contribution < -0.4 is 10.1 Å². The Hall–Kier alpha value is -3.52. The lowest BCUT2D eigenvalue weighted by Gasteiger charge is -2.34. The summed E-state index contributed by atoms with van der Waals surface area (Å²) in [5, 5.41) is 2.94. The molecule has 2 aromatic heterocycles. The van der Waals surface area contributed by atoms with E-state index in [1.54, 1.807) is 36.8 Å².